The largest absolute Gasteiger partial charge is 1.00 e. The average Bonchev–Trinajstić information content (AvgIpc) is 0.811. The van der Waals surface area contributed by atoms with Gasteiger partial charge in [-0.1, -0.05) is 0 Å². The Balaban J connectivity index is -0.0000000450. The second kappa shape index (κ2) is 5.15. The fraction of sp³-hybridized carbons (Fsp3) is 1.00. The van der Waals surface area contributed by atoms with Gasteiger partial charge in [0.25, 0.3) is 0 Å². The Labute approximate surface area is 58.4 Å². The monoisotopic (exact) mass is 102 g/mol. The second-order valence-corrected chi connectivity index (χ2v) is 2.22. The first-order valence-corrected chi connectivity index (χ1v) is 2.95. The molecule has 0 saturated carbocycles. The molecule has 0 unspecified atom stereocenters. The van der Waals surface area contributed by atoms with Crippen LogP contribution in [-0.2, 0) is 10.8 Å². The molecule has 0 aromatic heterocycles. The van der Waals surface area contributed by atoms with Crippen molar-refractivity contribution >= 4 is 10.8 Å². The van der Waals surface area contributed by atoms with Gasteiger partial charge in [0.15, 0.2) is 0 Å². The van der Waals surface area contributed by atoms with E-state index in [-0.39, 0.29) is 31.0 Å². The molecule has 0 aromatic rings. The van der Waals surface area contributed by atoms with Gasteiger partial charge in [-0.15, -0.1) is 0 Å². The van der Waals surface area contributed by atoms with E-state index < -0.39 is 10.8 Å². The number of hydrogen-bond acceptors (Lipinski definition) is 1. The number of hydrogen-bond donors (Lipinski definition) is 0. The molecule has 0 aliphatic carbocycles. The summed E-state index contributed by atoms with van der Waals surface area (Å²) in [7, 11) is -0.611. The maximum absolute atomic E-state index is 9.56. The average molecular weight is 102 g/mol. The molecule has 0 spiro atoms. The van der Waals surface area contributed by atoms with Gasteiger partial charge in [-0.3, -0.25) is 4.21 Å². The third-order valence-corrected chi connectivity index (χ3v) is 0. The molecule has 0 heterocycles. The van der Waals surface area contributed by atoms with E-state index in [1.54, 1.807) is 12.5 Å². The molecule has 0 atom stereocenters. The smallest absolute Gasteiger partial charge is 1.00 e. The van der Waals surface area contributed by atoms with Crippen molar-refractivity contribution in [3.05, 3.63) is 0 Å². The molecule has 28 valence electrons. The molecule has 5 heavy (non-hydrogen) atoms. The van der Waals surface area contributed by atoms with Crippen molar-refractivity contribution in [3.8, 4) is 0 Å². The zero-order chi connectivity index (χ0) is 3.58. The minimum atomic E-state index is -0.611. The fourth-order valence-electron chi connectivity index (χ4n) is 0. The van der Waals surface area contributed by atoms with Crippen LogP contribution in [0.1, 0.15) is 1.43 Å². The van der Waals surface area contributed by atoms with Gasteiger partial charge in [-0.2, -0.15) is 0 Å². The molecular weight excluding hydrogens is 95.1 g/mol. The van der Waals surface area contributed by atoms with Crippen LogP contribution >= 0.6 is 0 Å². The minimum absolute atomic E-state index is 0. The van der Waals surface area contributed by atoms with E-state index in [1.165, 1.54) is 0 Å². The Morgan fingerprint density at radius 1 is 1.60 bits per heavy atom. The third kappa shape index (κ3) is 38.6. The minimum Gasteiger partial charge on any atom is -1.00 e. The molecule has 0 amide bonds. The van der Waals surface area contributed by atoms with E-state index in [2.05, 4.69) is 0 Å². The maximum Gasteiger partial charge on any atom is 1.00 e. The second-order valence-electron chi connectivity index (χ2n) is 0.742. The predicted octanol–water partition coefficient (Wildman–Crippen LogP) is -2.89. The summed E-state index contributed by atoms with van der Waals surface area (Å²) in [6.07, 6.45) is 3.28. The van der Waals surface area contributed by atoms with Gasteiger partial charge in [-0.25, -0.2) is 0 Å². The summed E-state index contributed by atoms with van der Waals surface area (Å²) in [4.78, 5) is 0. The Morgan fingerprint density at radius 2 is 1.60 bits per heavy atom. The van der Waals surface area contributed by atoms with Crippen LogP contribution in [0.3, 0.4) is 0 Å². The first kappa shape index (κ1) is 9.47. The van der Waals surface area contributed by atoms with Crippen molar-refractivity contribution in [1.82, 2.24) is 0 Å². The van der Waals surface area contributed by atoms with Crippen molar-refractivity contribution in [3.63, 3.8) is 0 Å². The Bertz CT molecular complexity index is 36.5. The summed E-state index contributed by atoms with van der Waals surface area (Å²) in [6, 6.07) is 0. The Morgan fingerprint density at radius 3 is 1.60 bits per heavy atom. The summed E-state index contributed by atoms with van der Waals surface area (Å²) < 4.78 is 9.56. The van der Waals surface area contributed by atoms with Crippen LogP contribution in [-0.4, -0.2) is 16.7 Å². The van der Waals surface area contributed by atoms with Crippen LogP contribution in [0.2, 0.25) is 0 Å². The molecule has 0 radical (unpaired) electrons. The van der Waals surface area contributed by atoms with Gasteiger partial charge in [0, 0.05) is 23.3 Å². The maximum atomic E-state index is 9.56. The third-order valence-electron chi connectivity index (χ3n) is 0. The molecular formula is C2H7NaOS. The van der Waals surface area contributed by atoms with Crippen molar-refractivity contribution in [2.75, 3.05) is 12.5 Å². The van der Waals surface area contributed by atoms with Gasteiger partial charge in [0.1, 0.15) is 0 Å². The zero-order valence-electron chi connectivity index (χ0n) is 4.82. The van der Waals surface area contributed by atoms with Crippen LogP contribution < -0.4 is 29.6 Å². The predicted molar refractivity (Wildman–Crippen MR) is 21.1 cm³/mol. The van der Waals surface area contributed by atoms with Crippen LogP contribution in [0.25, 0.3) is 0 Å². The van der Waals surface area contributed by atoms with Crippen LogP contribution in [0.4, 0.5) is 0 Å². The summed E-state index contributed by atoms with van der Waals surface area (Å²) >= 11 is 0. The SMILES string of the molecule is CS(C)=O.[H-].[Na+]. The zero-order valence-corrected chi connectivity index (χ0v) is 6.63. The first-order valence-electron chi connectivity index (χ1n) is 0.983. The molecule has 0 fully saturated rings. The van der Waals surface area contributed by atoms with E-state index in [1.807, 2.05) is 0 Å². The Hall–Kier alpha value is 1.15. The van der Waals surface area contributed by atoms with E-state index in [4.69, 9.17) is 0 Å². The van der Waals surface area contributed by atoms with Gasteiger partial charge >= 0.3 is 29.6 Å². The molecule has 0 saturated heterocycles. The first-order chi connectivity index (χ1) is 1.73. The van der Waals surface area contributed by atoms with Gasteiger partial charge in [0.2, 0.25) is 0 Å². The summed E-state index contributed by atoms with van der Waals surface area (Å²) in [5.41, 5.74) is 0. The van der Waals surface area contributed by atoms with E-state index in [0.717, 1.165) is 0 Å². The van der Waals surface area contributed by atoms with Crippen molar-refractivity contribution in [2.24, 2.45) is 0 Å². The molecule has 0 aromatic carbocycles. The van der Waals surface area contributed by atoms with E-state index in [0.29, 0.717) is 0 Å². The van der Waals surface area contributed by atoms with Crippen LogP contribution in [0.15, 0.2) is 0 Å². The van der Waals surface area contributed by atoms with Gasteiger partial charge < -0.3 is 1.43 Å². The van der Waals surface area contributed by atoms with Crippen LogP contribution in [0.5, 0.6) is 0 Å². The van der Waals surface area contributed by atoms with Gasteiger partial charge in [-0.05, 0) is 0 Å². The topological polar surface area (TPSA) is 17.1 Å². The molecule has 1 nitrogen and oxygen atoms in total. The van der Waals surface area contributed by atoms with Gasteiger partial charge in [0.05, 0.1) is 0 Å². The molecule has 0 bridgehead atoms. The summed E-state index contributed by atoms with van der Waals surface area (Å²) in [5.74, 6) is 0. The fourth-order valence-corrected chi connectivity index (χ4v) is 0. The Kier molecular flexibility index (Phi) is 9.76. The normalized spacial score (nSPS) is 7.00. The van der Waals surface area contributed by atoms with Crippen molar-refractivity contribution in [2.45, 2.75) is 0 Å². The molecule has 0 rings (SSSR count). The van der Waals surface area contributed by atoms with Crippen LogP contribution in [0, 0.1) is 0 Å². The van der Waals surface area contributed by atoms with Crippen molar-refractivity contribution < 1.29 is 35.2 Å². The standard InChI is InChI=1S/C2H6OS.Na.H/c1-4(2)3;;/h1-2H3;;/q;+1;-1. The van der Waals surface area contributed by atoms with E-state index >= 15 is 0 Å². The summed E-state index contributed by atoms with van der Waals surface area (Å²) in [5, 5.41) is 0. The number of rotatable bonds is 0. The molecule has 0 aliphatic heterocycles. The summed E-state index contributed by atoms with van der Waals surface area (Å²) in [6.45, 7) is 0. The van der Waals surface area contributed by atoms with E-state index in [9.17, 15) is 4.21 Å². The van der Waals surface area contributed by atoms with Crippen molar-refractivity contribution in [1.29, 1.82) is 0 Å². The molecule has 0 aliphatic rings. The molecule has 3 heteroatoms. The quantitative estimate of drug-likeness (QED) is 0.300. The molecule has 0 N–H and O–H groups in total.